The maximum atomic E-state index is 6.13. The summed E-state index contributed by atoms with van der Waals surface area (Å²) in [6.45, 7) is 3.36. The highest BCUT2D eigenvalue weighted by Crippen LogP contribution is 2.48. The topological polar surface area (TPSA) is 67.1 Å². The normalized spacial score (nSPS) is 15.4. The lowest BCUT2D eigenvalue weighted by molar-refractivity contribution is 0.639. The maximum absolute atomic E-state index is 6.13. The molecule has 6 nitrogen and oxygen atoms in total. The van der Waals surface area contributed by atoms with Crippen molar-refractivity contribution in [2.45, 2.75) is 31.7 Å². The SMILES string of the molecule is CN=C(NCc1nnc(C)n1C)NCC1(c2cccc(Cl)c2)CC1.I. The first-order valence-electron chi connectivity index (χ1n) is 8.09. The van der Waals surface area contributed by atoms with Gasteiger partial charge in [0.25, 0.3) is 0 Å². The smallest absolute Gasteiger partial charge is 0.191 e. The Kier molecular flexibility index (Phi) is 6.67. The van der Waals surface area contributed by atoms with Crippen molar-refractivity contribution in [1.29, 1.82) is 0 Å². The van der Waals surface area contributed by atoms with E-state index in [-0.39, 0.29) is 29.4 Å². The Bertz CT molecular complexity index is 753. The molecule has 2 N–H and O–H groups in total. The molecule has 1 aromatic heterocycles. The summed E-state index contributed by atoms with van der Waals surface area (Å²) in [4.78, 5) is 4.29. The van der Waals surface area contributed by atoms with Gasteiger partial charge >= 0.3 is 0 Å². The summed E-state index contributed by atoms with van der Waals surface area (Å²) in [5.41, 5.74) is 1.46. The molecule has 0 bridgehead atoms. The Morgan fingerprint density at radius 1 is 1.32 bits per heavy atom. The second kappa shape index (κ2) is 8.35. The van der Waals surface area contributed by atoms with E-state index in [0.717, 1.165) is 29.2 Å². The van der Waals surface area contributed by atoms with Crippen molar-refractivity contribution in [2.75, 3.05) is 13.6 Å². The van der Waals surface area contributed by atoms with E-state index in [4.69, 9.17) is 11.6 Å². The van der Waals surface area contributed by atoms with Crippen molar-refractivity contribution in [3.05, 3.63) is 46.5 Å². The molecule has 0 spiro atoms. The molecule has 0 amide bonds. The van der Waals surface area contributed by atoms with Gasteiger partial charge in [-0.05, 0) is 37.5 Å². The van der Waals surface area contributed by atoms with E-state index in [1.165, 1.54) is 18.4 Å². The molecule has 8 heteroatoms. The molecule has 0 atom stereocenters. The highest BCUT2D eigenvalue weighted by Gasteiger charge is 2.44. The number of nitrogens with zero attached hydrogens (tertiary/aromatic N) is 4. The summed E-state index contributed by atoms with van der Waals surface area (Å²) in [5.74, 6) is 2.54. The van der Waals surface area contributed by atoms with Gasteiger partial charge in [0.15, 0.2) is 11.8 Å². The van der Waals surface area contributed by atoms with Crippen LogP contribution in [0.4, 0.5) is 0 Å². The van der Waals surface area contributed by atoms with Crippen molar-refractivity contribution in [3.63, 3.8) is 0 Å². The van der Waals surface area contributed by atoms with Crippen molar-refractivity contribution >= 4 is 41.5 Å². The molecule has 1 heterocycles. The minimum Gasteiger partial charge on any atom is -0.356 e. The van der Waals surface area contributed by atoms with Crippen LogP contribution in [0.1, 0.15) is 30.1 Å². The van der Waals surface area contributed by atoms with Gasteiger partial charge < -0.3 is 15.2 Å². The van der Waals surface area contributed by atoms with E-state index >= 15 is 0 Å². The van der Waals surface area contributed by atoms with Crippen LogP contribution in [0.2, 0.25) is 5.02 Å². The van der Waals surface area contributed by atoms with Crippen LogP contribution in [-0.4, -0.2) is 34.3 Å². The Morgan fingerprint density at radius 3 is 2.64 bits per heavy atom. The average molecular weight is 475 g/mol. The van der Waals surface area contributed by atoms with Crippen LogP contribution in [0.3, 0.4) is 0 Å². The Labute approximate surface area is 170 Å². The van der Waals surface area contributed by atoms with Crippen molar-refractivity contribution in [3.8, 4) is 0 Å². The van der Waals surface area contributed by atoms with E-state index < -0.39 is 0 Å². The first-order chi connectivity index (χ1) is 11.5. The predicted molar refractivity (Wildman–Crippen MR) is 112 cm³/mol. The summed E-state index contributed by atoms with van der Waals surface area (Å²) in [7, 11) is 3.73. The summed E-state index contributed by atoms with van der Waals surface area (Å²) < 4.78 is 1.97. The van der Waals surface area contributed by atoms with Gasteiger partial charge in [-0.1, -0.05) is 23.7 Å². The third kappa shape index (κ3) is 4.63. The number of aryl methyl sites for hydroxylation is 1. The predicted octanol–water partition coefficient (Wildman–Crippen LogP) is 2.79. The molecule has 1 aromatic carbocycles. The lowest BCUT2D eigenvalue weighted by Gasteiger charge is -2.19. The van der Waals surface area contributed by atoms with Crippen LogP contribution in [0.15, 0.2) is 29.3 Å². The molecule has 1 aliphatic rings. The zero-order chi connectivity index (χ0) is 17.2. The molecule has 0 aliphatic heterocycles. The van der Waals surface area contributed by atoms with E-state index in [1.807, 2.05) is 30.7 Å². The number of benzene rings is 1. The molecule has 0 saturated heterocycles. The third-order valence-electron chi connectivity index (χ3n) is 4.71. The van der Waals surface area contributed by atoms with Gasteiger partial charge in [0.1, 0.15) is 5.82 Å². The molecule has 25 heavy (non-hydrogen) atoms. The summed E-state index contributed by atoms with van der Waals surface area (Å²) in [6.07, 6.45) is 2.33. The number of nitrogens with one attached hydrogen (secondary N) is 2. The number of aliphatic imine (C=N–C) groups is 1. The van der Waals surface area contributed by atoms with Gasteiger partial charge in [-0.25, -0.2) is 0 Å². The molecule has 2 aromatic rings. The highest BCUT2D eigenvalue weighted by atomic mass is 127. The number of guanidine groups is 1. The molecule has 1 fully saturated rings. The van der Waals surface area contributed by atoms with Crippen LogP contribution in [0.5, 0.6) is 0 Å². The number of rotatable bonds is 5. The molecule has 1 aliphatic carbocycles. The van der Waals surface area contributed by atoms with Crippen LogP contribution < -0.4 is 10.6 Å². The Balaban J connectivity index is 0.00000225. The van der Waals surface area contributed by atoms with E-state index in [2.05, 4.69) is 38.0 Å². The third-order valence-corrected chi connectivity index (χ3v) is 4.94. The van der Waals surface area contributed by atoms with Gasteiger partial charge in [-0.2, -0.15) is 0 Å². The van der Waals surface area contributed by atoms with Crippen LogP contribution >= 0.6 is 35.6 Å². The second-order valence-corrected chi connectivity index (χ2v) is 6.73. The fourth-order valence-electron chi connectivity index (χ4n) is 2.78. The number of hydrogen-bond donors (Lipinski definition) is 2. The summed E-state index contributed by atoms with van der Waals surface area (Å²) >= 11 is 6.13. The highest BCUT2D eigenvalue weighted by molar-refractivity contribution is 14.0. The van der Waals surface area contributed by atoms with Crippen molar-refractivity contribution in [1.82, 2.24) is 25.4 Å². The molecular weight excluding hydrogens is 451 g/mol. The zero-order valence-corrected chi connectivity index (χ0v) is 17.8. The quantitative estimate of drug-likeness (QED) is 0.397. The standard InChI is InChI=1S/C17H23ClN6.HI/c1-12-22-23-15(24(12)3)10-20-16(19-2)21-11-17(7-8-17)13-5-4-6-14(18)9-13;/h4-6,9H,7-8,10-11H2,1-3H3,(H2,19,20,21);1H. The number of halogens is 2. The Hall–Kier alpha value is -1.35. The van der Waals surface area contributed by atoms with E-state index in [9.17, 15) is 0 Å². The fourth-order valence-corrected chi connectivity index (χ4v) is 2.97. The largest absolute Gasteiger partial charge is 0.356 e. The molecule has 0 radical (unpaired) electrons. The van der Waals surface area contributed by atoms with E-state index in [1.54, 1.807) is 7.05 Å². The second-order valence-electron chi connectivity index (χ2n) is 6.29. The molecule has 136 valence electrons. The average Bonchev–Trinajstić information content (AvgIpc) is 3.31. The first kappa shape index (κ1) is 20.0. The summed E-state index contributed by atoms with van der Waals surface area (Å²) in [6, 6.07) is 8.15. The van der Waals surface area contributed by atoms with Crippen molar-refractivity contribution in [2.24, 2.45) is 12.0 Å². The number of aromatic nitrogens is 3. The first-order valence-corrected chi connectivity index (χ1v) is 8.47. The van der Waals surface area contributed by atoms with Crippen molar-refractivity contribution < 1.29 is 0 Å². The van der Waals surface area contributed by atoms with Gasteiger partial charge in [-0.15, -0.1) is 34.2 Å². The fraction of sp³-hybridized carbons (Fsp3) is 0.471. The van der Waals surface area contributed by atoms with E-state index in [0.29, 0.717) is 6.54 Å². The Morgan fingerprint density at radius 2 is 2.08 bits per heavy atom. The lowest BCUT2D eigenvalue weighted by atomic mass is 9.96. The molecule has 3 rings (SSSR count). The van der Waals surface area contributed by atoms with Crippen LogP contribution in [0, 0.1) is 6.92 Å². The maximum Gasteiger partial charge on any atom is 0.191 e. The minimum absolute atomic E-state index is 0. The zero-order valence-electron chi connectivity index (χ0n) is 14.7. The molecule has 1 saturated carbocycles. The van der Waals surface area contributed by atoms with Crippen LogP contribution in [0.25, 0.3) is 0 Å². The lowest BCUT2D eigenvalue weighted by Crippen LogP contribution is -2.41. The van der Waals surface area contributed by atoms with Crippen LogP contribution in [-0.2, 0) is 19.0 Å². The number of hydrogen-bond acceptors (Lipinski definition) is 3. The van der Waals surface area contributed by atoms with Gasteiger partial charge in [0.2, 0.25) is 0 Å². The van der Waals surface area contributed by atoms with Gasteiger partial charge in [0.05, 0.1) is 6.54 Å². The monoisotopic (exact) mass is 474 g/mol. The molecule has 0 unspecified atom stereocenters. The van der Waals surface area contributed by atoms with Gasteiger partial charge in [0, 0.05) is 31.1 Å². The minimum atomic E-state index is 0. The van der Waals surface area contributed by atoms with Gasteiger partial charge in [-0.3, -0.25) is 4.99 Å². The molecular formula is C17H24ClIN6. The summed E-state index contributed by atoms with van der Waals surface area (Å²) in [5, 5.41) is 15.7.